The van der Waals surface area contributed by atoms with Crippen molar-refractivity contribution in [1.82, 2.24) is 4.90 Å². The maximum Gasteiger partial charge on any atom is 0.257 e. The van der Waals surface area contributed by atoms with Gasteiger partial charge < -0.3 is 9.64 Å². The van der Waals surface area contributed by atoms with Gasteiger partial charge in [0.25, 0.3) is 11.8 Å². The Morgan fingerprint density at radius 1 is 1.00 bits per heavy atom. The molecule has 3 amide bonds. The lowest BCUT2D eigenvalue weighted by Gasteiger charge is -2.28. The van der Waals surface area contributed by atoms with Gasteiger partial charge in [-0.15, -0.1) is 0 Å². The highest BCUT2D eigenvalue weighted by Gasteiger charge is 2.44. The van der Waals surface area contributed by atoms with E-state index < -0.39 is 23.7 Å². The summed E-state index contributed by atoms with van der Waals surface area (Å²) in [5, 5.41) is 0. The lowest BCUT2D eigenvalue weighted by atomic mass is 10.1. The van der Waals surface area contributed by atoms with E-state index in [9.17, 15) is 18.8 Å². The van der Waals surface area contributed by atoms with E-state index in [0.29, 0.717) is 11.3 Å². The molecule has 1 fully saturated rings. The summed E-state index contributed by atoms with van der Waals surface area (Å²) in [5.41, 5.74) is 1.48. The van der Waals surface area contributed by atoms with Crippen LogP contribution >= 0.6 is 0 Å². The predicted molar refractivity (Wildman–Crippen MR) is 117 cm³/mol. The Labute approximate surface area is 184 Å². The molecule has 0 saturated carbocycles. The van der Waals surface area contributed by atoms with Gasteiger partial charge in [0, 0.05) is 12.1 Å². The van der Waals surface area contributed by atoms with Crippen molar-refractivity contribution < 1.29 is 23.5 Å². The number of ether oxygens (including phenoxy) is 1. The molecule has 162 valence electrons. The summed E-state index contributed by atoms with van der Waals surface area (Å²) in [4.78, 5) is 41.9. The molecule has 32 heavy (non-hydrogen) atoms. The first-order valence-corrected chi connectivity index (χ1v) is 10.1. The average Bonchev–Trinajstić information content (AvgIpc) is 3.12. The van der Waals surface area contributed by atoms with Crippen molar-refractivity contribution in [3.05, 3.63) is 95.8 Å². The van der Waals surface area contributed by atoms with E-state index in [1.165, 1.54) is 36.3 Å². The third kappa shape index (κ3) is 4.23. The molecule has 0 aliphatic carbocycles. The molecule has 0 radical (unpaired) electrons. The molecule has 1 unspecified atom stereocenters. The number of amides is 3. The van der Waals surface area contributed by atoms with Gasteiger partial charge in [-0.25, -0.2) is 9.29 Å². The molecule has 0 bridgehead atoms. The highest BCUT2D eigenvalue weighted by molar-refractivity contribution is 6.23. The van der Waals surface area contributed by atoms with E-state index in [4.69, 9.17) is 4.74 Å². The van der Waals surface area contributed by atoms with Crippen LogP contribution in [0.15, 0.2) is 78.9 Å². The fraction of sp³-hybridized carbons (Fsp3) is 0.160. The monoisotopic (exact) mass is 432 g/mol. The number of imide groups is 1. The molecule has 0 aromatic heterocycles. The number of halogens is 1. The number of nitrogens with zero attached hydrogens (tertiary/aromatic N) is 2. The summed E-state index contributed by atoms with van der Waals surface area (Å²) in [6, 6.07) is 20.0. The number of rotatable bonds is 6. The Hall–Kier alpha value is -4.00. The van der Waals surface area contributed by atoms with Gasteiger partial charge in [0.15, 0.2) is 0 Å². The van der Waals surface area contributed by atoms with E-state index in [1.807, 2.05) is 30.3 Å². The lowest BCUT2D eigenvalue weighted by molar-refractivity contribution is -0.122. The number of carbonyl (C=O) groups is 3. The van der Waals surface area contributed by atoms with Gasteiger partial charge in [-0.3, -0.25) is 14.4 Å². The van der Waals surface area contributed by atoms with Crippen molar-refractivity contribution in [3.63, 3.8) is 0 Å². The van der Waals surface area contributed by atoms with Crippen LogP contribution in [-0.4, -0.2) is 35.8 Å². The number of hydrogen-bond donors (Lipinski definition) is 0. The van der Waals surface area contributed by atoms with Crippen LogP contribution in [-0.2, 0) is 16.1 Å². The van der Waals surface area contributed by atoms with Gasteiger partial charge >= 0.3 is 0 Å². The number of anilines is 1. The van der Waals surface area contributed by atoms with Crippen LogP contribution in [0, 0.1) is 5.82 Å². The Morgan fingerprint density at radius 3 is 2.28 bits per heavy atom. The molecule has 1 aliphatic heterocycles. The van der Waals surface area contributed by atoms with Crippen molar-refractivity contribution in [2.45, 2.75) is 19.0 Å². The molecule has 7 heteroatoms. The predicted octanol–water partition coefficient (Wildman–Crippen LogP) is 3.81. The maximum absolute atomic E-state index is 13.4. The smallest absolute Gasteiger partial charge is 0.257 e. The number of methoxy groups -OCH3 is 1. The molecule has 6 nitrogen and oxygen atoms in total. The molecule has 1 aliphatic rings. The van der Waals surface area contributed by atoms with Crippen LogP contribution < -0.4 is 9.64 Å². The third-order valence-corrected chi connectivity index (χ3v) is 5.38. The van der Waals surface area contributed by atoms with Gasteiger partial charge in [-0.1, -0.05) is 30.3 Å². The molecule has 0 spiro atoms. The van der Waals surface area contributed by atoms with Crippen molar-refractivity contribution in [2.24, 2.45) is 0 Å². The quantitative estimate of drug-likeness (QED) is 0.556. The Balaban J connectivity index is 1.67. The second-order valence-electron chi connectivity index (χ2n) is 7.41. The summed E-state index contributed by atoms with van der Waals surface area (Å²) in [5.74, 6) is -1.19. The molecule has 3 aromatic rings. The summed E-state index contributed by atoms with van der Waals surface area (Å²) in [6.07, 6.45) is -0.148. The fourth-order valence-electron chi connectivity index (χ4n) is 3.72. The lowest BCUT2D eigenvalue weighted by Crippen LogP contribution is -2.45. The van der Waals surface area contributed by atoms with Gasteiger partial charge in [0.05, 0.1) is 19.2 Å². The number of benzene rings is 3. The zero-order valence-electron chi connectivity index (χ0n) is 17.4. The summed E-state index contributed by atoms with van der Waals surface area (Å²) in [6.45, 7) is 0.159. The van der Waals surface area contributed by atoms with Crippen LogP contribution in [0.2, 0.25) is 0 Å². The summed E-state index contributed by atoms with van der Waals surface area (Å²) >= 11 is 0. The zero-order valence-corrected chi connectivity index (χ0v) is 17.4. The average molecular weight is 432 g/mol. The standard InChI is InChI=1S/C25H21FN2O4/c1-32-21-13-7-18(8-14-21)24(30)27(16-17-5-3-2-4-6-17)22-15-23(29)28(25(22)31)20-11-9-19(26)10-12-20/h2-14,22H,15-16H2,1H3. The topological polar surface area (TPSA) is 66.9 Å². The van der Waals surface area contributed by atoms with Crippen LogP contribution in [0.3, 0.4) is 0 Å². The minimum atomic E-state index is -0.970. The first-order chi connectivity index (χ1) is 15.5. The van der Waals surface area contributed by atoms with Crippen LogP contribution in [0.1, 0.15) is 22.3 Å². The first-order valence-electron chi connectivity index (χ1n) is 10.1. The molecular formula is C25H21FN2O4. The number of carbonyl (C=O) groups excluding carboxylic acids is 3. The van der Waals surface area contributed by atoms with E-state index in [1.54, 1.807) is 24.3 Å². The highest BCUT2D eigenvalue weighted by Crippen LogP contribution is 2.28. The highest BCUT2D eigenvalue weighted by atomic mass is 19.1. The summed E-state index contributed by atoms with van der Waals surface area (Å²) in [7, 11) is 1.53. The van der Waals surface area contributed by atoms with Gasteiger partial charge in [0.1, 0.15) is 17.6 Å². The molecule has 1 saturated heterocycles. The molecule has 4 rings (SSSR count). The molecule has 3 aromatic carbocycles. The molecular weight excluding hydrogens is 411 g/mol. The minimum absolute atomic E-state index is 0.148. The molecule has 1 heterocycles. The zero-order chi connectivity index (χ0) is 22.7. The van der Waals surface area contributed by atoms with E-state index in [2.05, 4.69) is 0 Å². The normalized spacial score (nSPS) is 15.7. The van der Waals surface area contributed by atoms with Crippen molar-refractivity contribution >= 4 is 23.4 Å². The SMILES string of the molecule is COc1ccc(C(=O)N(Cc2ccccc2)C2CC(=O)N(c3ccc(F)cc3)C2=O)cc1. The Bertz CT molecular complexity index is 1130. The molecule has 1 atom stereocenters. The van der Waals surface area contributed by atoms with Crippen LogP contribution in [0.5, 0.6) is 5.75 Å². The van der Waals surface area contributed by atoms with Crippen molar-refractivity contribution in [1.29, 1.82) is 0 Å². The van der Waals surface area contributed by atoms with Gasteiger partial charge in [0.2, 0.25) is 5.91 Å². The first kappa shape index (κ1) is 21.2. The second-order valence-corrected chi connectivity index (χ2v) is 7.41. The molecule has 0 N–H and O–H groups in total. The van der Waals surface area contributed by atoms with Crippen molar-refractivity contribution in [3.8, 4) is 5.75 Å². The van der Waals surface area contributed by atoms with Crippen molar-refractivity contribution in [2.75, 3.05) is 12.0 Å². The Kier molecular flexibility index (Phi) is 5.98. The van der Waals surface area contributed by atoms with Crippen LogP contribution in [0.4, 0.5) is 10.1 Å². The van der Waals surface area contributed by atoms with Gasteiger partial charge in [-0.2, -0.15) is 0 Å². The third-order valence-electron chi connectivity index (χ3n) is 5.38. The maximum atomic E-state index is 13.4. The van der Waals surface area contributed by atoms with E-state index in [-0.39, 0.29) is 24.6 Å². The van der Waals surface area contributed by atoms with E-state index >= 15 is 0 Å². The number of hydrogen-bond acceptors (Lipinski definition) is 4. The Morgan fingerprint density at radius 2 is 1.66 bits per heavy atom. The minimum Gasteiger partial charge on any atom is -0.497 e. The van der Waals surface area contributed by atoms with Gasteiger partial charge in [-0.05, 0) is 54.1 Å². The van der Waals surface area contributed by atoms with E-state index in [0.717, 1.165) is 10.5 Å². The largest absolute Gasteiger partial charge is 0.497 e. The van der Waals surface area contributed by atoms with Crippen LogP contribution in [0.25, 0.3) is 0 Å². The fourth-order valence-corrected chi connectivity index (χ4v) is 3.72. The summed E-state index contributed by atoms with van der Waals surface area (Å²) < 4.78 is 18.5. The second kappa shape index (κ2) is 9.01.